The maximum absolute atomic E-state index is 13.8. The number of hydrogen-bond donors (Lipinski definition) is 1. The summed E-state index contributed by atoms with van der Waals surface area (Å²) in [5.74, 6) is -0.894. The summed E-state index contributed by atoms with van der Waals surface area (Å²) < 4.78 is 14.5. The summed E-state index contributed by atoms with van der Waals surface area (Å²) in [6.45, 7) is 3.47. The van der Waals surface area contributed by atoms with Crippen molar-refractivity contribution in [1.82, 2.24) is 5.32 Å². The van der Waals surface area contributed by atoms with Crippen LogP contribution in [0.25, 0.3) is 0 Å². The number of nitrogens with one attached hydrogen (secondary N) is 1. The number of aryl methyl sites for hydroxylation is 1. The molecule has 1 amide bonds. The fourth-order valence-electron chi connectivity index (χ4n) is 1.73. The maximum atomic E-state index is 13.8. The predicted octanol–water partition coefficient (Wildman–Crippen LogP) is 4.34. The molecule has 0 bridgehead atoms. The van der Waals surface area contributed by atoms with Gasteiger partial charge < -0.3 is 5.32 Å². The van der Waals surface area contributed by atoms with Crippen LogP contribution in [-0.2, 0) is 0 Å². The van der Waals surface area contributed by atoms with Gasteiger partial charge in [0.05, 0.1) is 15.9 Å². The number of rotatable bonds is 3. The Hall–Kier alpha value is -1.39. The van der Waals surface area contributed by atoms with Crippen LogP contribution in [0.5, 0.6) is 0 Å². The van der Waals surface area contributed by atoms with Gasteiger partial charge in [-0.3, -0.25) is 4.79 Å². The zero-order valence-corrected chi connectivity index (χ0v) is 12.1. The molecular weight excluding hydrogens is 285 g/mol. The lowest BCUT2D eigenvalue weighted by molar-refractivity contribution is 0.0936. The van der Waals surface area contributed by atoms with E-state index < -0.39 is 11.7 Å². The van der Waals surface area contributed by atoms with Crippen molar-refractivity contribution >= 4 is 28.8 Å². The molecule has 2 rings (SSSR count). The number of thiophene rings is 1. The normalized spacial score (nSPS) is 12.2. The summed E-state index contributed by atoms with van der Waals surface area (Å²) in [6, 6.07) is 8.20. The highest BCUT2D eigenvalue weighted by Gasteiger charge is 2.16. The van der Waals surface area contributed by atoms with E-state index >= 15 is 0 Å². The first-order valence-electron chi connectivity index (χ1n) is 5.80. The fraction of sp³-hybridized carbons (Fsp3) is 0.214. The lowest BCUT2D eigenvalue weighted by Crippen LogP contribution is -2.27. The van der Waals surface area contributed by atoms with E-state index in [-0.39, 0.29) is 11.6 Å². The third-order valence-corrected chi connectivity index (χ3v) is 4.22. The van der Waals surface area contributed by atoms with Gasteiger partial charge in [0.15, 0.2) is 0 Å². The highest BCUT2D eigenvalue weighted by molar-refractivity contribution is 7.16. The van der Waals surface area contributed by atoms with Crippen molar-refractivity contribution in [1.29, 1.82) is 0 Å². The molecule has 19 heavy (non-hydrogen) atoms. The SMILES string of the molecule is Cc1cccc(C(=O)NC(C)c2ccc(Cl)s2)c1F. The van der Waals surface area contributed by atoms with Crippen LogP contribution in [0, 0.1) is 12.7 Å². The first-order valence-corrected chi connectivity index (χ1v) is 6.99. The van der Waals surface area contributed by atoms with Crippen molar-refractivity contribution in [2.24, 2.45) is 0 Å². The molecule has 0 spiro atoms. The second kappa shape index (κ2) is 5.72. The van der Waals surface area contributed by atoms with Crippen molar-refractivity contribution in [3.8, 4) is 0 Å². The third kappa shape index (κ3) is 3.14. The average molecular weight is 298 g/mol. The molecule has 0 aliphatic heterocycles. The second-order valence-electron chi connectivity index (χ2n) is 4.27. The molecule has 0 aliphatic carbocycles. The van der Waals surface area contributed by atoms with E-state index in [0.29, 0.717) is 9.90 Å². The summed E-state index contributed by atoms with van der Waals surface area (Å²) in [4.78, 5) is 13.0. The zero-order chi connectivity index (χ0) is 14.0. The number of benzene rings is 1. The van der Waals surface area contributed by atoms with E-state index in [1.54, 1.807) is 25.1 Å². The molecular formula is C14H13ClFNOS. The second-order valence-corrected chi connectivity index (χ2v) is 6.02. The number of hydrogen-bond acceptors (Lipinski definition) is 2. The third-order valence-electron chi connectivity index (χ3n) is 2.80. The van der Waals surface area contributed by atoms with Gasteiger partial charge >= 0.3 is 0 Å². The summed E-state index contributed by atoms with van der Waals surface area (Å²) in [5, 5.41) is 2.77. The van der Waals surface area contributed by atoms with E-state index in [0.717, 1.165) is 4.88 Å². The van der Waals surface area contributed by atoms with Crippen LogP contribution >= 0.6 is 22.9 Å². The van der Waals surface area contributed by atoms with Gasteiger partial charge in [0, 0.05) is 4.88 Å². The van der Waals surface area contributed by atoms with Crippen LogP contribution in [0.1, 0.15) is 33.8 Å². The molecule has 1 unspecified atom stereocenters. The molecule has 0 aliphatic rings. The number of carbonyl (C=O) groups is 1. The van der Waals surface area contributed by atoms with Gasteiger partial charge in [0.25, 0.3) is 5.91 Å². The molecule has 1 aromatic heterocycles. The Balaban J connectivity index is 2.15. The molecule has 2 nitrogen and oxygen atoms in total. The first kappa shape index (κ1) is 14.0. The molecule has 5 heteroatoms. The van der Waals surface area contributed by atoms with E-state index in [1.807, 2.05) is 13.0 Å². The molecule has 0 radical (unpaired) electrons. The Morgan fingerprint density at radius 1 is 1.37 bits per heavy atom. The smallest absolute Gasteiger partial charge is 0.254 e. The van der Waals surface area contributed by atoms with Gasteiger partial charge in [0.1, 0.15) is 5.82 Å². The highest BCUT2D eigenvalue weighted by atomic mass is 35.5. The Morgan fingerprint density at radius 3 is 2.74 bits per heavy atom. The van der Waals surface area contributed by atoms with Gasteiger partial charge in [0.2, 0.25) is 0 Å². The lowest BCUT2D eigenvalue weighted by atomic mass is 10.1. The first-order chi connectivity index (χ1) is 8.99. The number of carbonyl (C=O) groups excluding carboxylic acids is 1. The minimum absolute atomic E-state index is 0.0644. The maximum Gasteiger partial charge on any atom is 0.254 e. The molecule has 0 saturated carbocycles. The van der Waals surface area contributed by atoms with Crippen molar-refractivity contribution < 1.29 is 9.18 Å². The van der Waals surface area contributed by atoms with Crippen LogP contribution in [0.3, 0.4) is 0 Å². The van der Waals surface area contributed by atoms with Gasteiger partial charge in [-0.1, -0.05) is 23.7 Å². The Bertz CT molecular complexity index is 611. The number of amides is 1. The molecule has 100 valence electrons. The molecule has 1 N–H and O–H groups in total. The average Bonchev–Trinajstić information content (AvgIpc) is 2.79. The predicted molar refractivity (Wildman–Crippen MR) is 76.3 cm³/mol. The topological polar surface area (TPSA) is 29.1 Å². The van der Waals surface area contributed by atoms with Crippen molar-refractivity contribution in [3.63, 3.8) is 0 Å². The quantitative estimate of drug-likeness (QED) is 0.897. The minimum atomic E-state index is -0.476. The Labute approximate surface area is 120 Å². The molecule has 1 aromatic carbocycles. The highest BCUT2D eigenvalue weighted by Crippen LogP contribution is 2.27. The van der Waals surface area contributed by atoms with Crippen molar-refractivity contribution in [3.05, 3.63) is 56.5 Å². The standard InChI is InChI=1S/C14H13ClFNOS/c1-8-4-3-5-10(13(8)16)14(18)17-9(2)11-6-7-12(15)19-11/h3-7,9H,1-2H3,(H,17,18). The van der Waals surface area contributed by atoms with Gasteiger partial charge in [-0.2, -0.15) is 0 Å². The monoisotopic (exact) mass is 297 g/mol. The van der Waals surface area contributed by atoms with Crippen LogP contribution < -0.4 is 5.32 Å². The van der Waals surface area contributed by atoms with Gasteiger partial charge in [-0.15, -0.1) is 11.3 Å². The van der Waals surface area contributed by atoms with E-state index in [2.05, 4.69) is 5.32 Å². The molecule has 1 atom stereocenters. The van der Waals surface area contributed by atoms with Crippen LogP contribution in [0.4, 0.5) is 4.39 Å². The van der Waals surface area contributed by atoms with Crippen LogP contribution in [-0.4, -0.2) is 5.91 Å². The molecule has 2 aromatic rings. The van der Waals surface area contributed by atoms with E-state index in [1.165, 1.54) is 17.4 Å². The lowest BCUT2D eigenvalue weighted by Gasteiger charge is -2.13. The summed E-state index contributed by atoms with van der Waals surface area (Å²) >= 11 is 7.25. The minimum Gasteiger partial charge on any atom is -0.345 e. The molecule has 0 fully saturated rings. The van der Waals surface area contributed by atoms with Gasteiger partial charge in [-0.25, -0.2) is 4.39 Å². The van der Waals surface area contributed by atoms with E-state index in [4.69, 9.17) is 11.6 Å². The largest absolute Gasteiger partial charge is 0.345 e. The van der Waals surface area contributed by atoms with E-state index in [9.17, 15) is 9.18 Å². The Morgan fingerprint density at radius 2 is 2.11 bits per heavy atom. The molecule has 0 saturated heterocycles. The molecule has 1 heterocycles. The summed E-state index contributed by atoms with van der Waals surface area (Å²) in [6.07, 6.45) is 0. The summed E-state index contributed by atoms with van der Waals surface area (Å²) in [5.41, 5.74) is 0.522. The van der Waals surface area contributed by atoms with Crippen molar-refractivity contribution in [2.45, 2.75) is 19.9 Å². The van der Waals surface area contributed by atoms with Crippen LogP contribution in [0.15, 0.2) is 30.3 Å². The Kier molecular flexibility index (Phi) is 4.22. The summed E-state index contributed by atoms with van der Waals surface area (Å²) in [7, 11) is 0. The van der Waals surface area contributed by atoms with Crippen molar-refractivity contribution in [2.75, 3.05) is 0 Å². The van der Waals surface area contributed by atoms with Gasteiger partial charge in [-0.05, 0) is 37.6 Å². The number of halogens is 2. The fourth-order valence-corrected chi connectivity index (χ4v) is 2.79. The zero-order valence-electron chi connectivity index (χ0n) is 10.5. The van der Waals surface area contributed by atoms with Crippen LogP contribution in [0.2, 0.25) is 4.34 Å².